The lowest BCUT2D eigenvalue weighted by Gasteiger charge is -2.15. The van der Waals surface area contributed by atoms with Gasteiger partial charge in [-0.2, -0.15) is 0 Å². The molecule has 88 valence electrons. The van der Waals surface area contributed by atoms with Crippen molar-refractivity contribution in [1.82, 2.24) is 5.32 Å². The van der Waals surface area contributed by atoms with Crippen molar-refractivity contribution < 1.29 is 9.90 Å². The van der Waals surface area contributed by atoms with Gasteiger partial charge in [0.25, 0.3) is 0 Å². The fourth-order valence-corrected chi connectivity index (χ4v) is 1.62. The molecule has 1 amide bonds. The highest BCUT2D eigenvalue weighted by atomic mass is 79.9. The van der Waals surface area contributed by atoms with Crippen molar-refractivity contribution in [2.45, 2.75) is 12.5 Å². The lowest BCUT2D eigenvalue weighted by Crippen LogP contribution is -2.39. The van der Waals surface area contributed by atoms with Gasteiger partial charge in [-0.15, -0.1) is 0 Å². The standard InChI is InChI=1S/C11H13BrClNO2/c12-6-11(16)14-10(7-15)5-8-1-3-9(13)4-2-8/h1-4,10,15H,5-7H2,(H,14,16). The van der Waals surface area contributed by atoms with Crippen LogP contribution >= 0.6 is 27.5 Å². The molecule has 0 radical (unpaired) electrons. The average molecular weight is 307 g/mol. The van der Waals surface area contributed by atoms with Crippen LogP contribution in [0, 0.1) is 0 Å². The van der Waals surface area contributed by atoms with Crippen LogP contribution in [-0.2, 0) is 11.2 Å². The molecule has 0 bridgehead atoms. The van der Waals surface area contributed by atoms with Crippen LogP contribution in [0.2, 0.25) is 5.02 Å². The van der Waals surface area contributed by atoms with E-state index in [1.165, 1.54) is 0 Å². The Morgan fingerprint density at radius 3 is 2.56 bits per heavy atom. The van der Waals surface area contributed by atoms with E-state index in [-0.39, 0.29) is 23.9 Å². The number of hydrogen-bond acceptors (Lipinski definition) is 2. The van der Waals surface area contributed by atoms with Crippen LogP contribution in [0.5, 0.6) is 0 Å². The molecular weight excluding hydrogens is 293 g/mol. The van der Waals surface area contributed by atoms with Gasteiger partial charge in [-0.25, -0.2) is 0 Å². The van der Waals surface area contributed by atoms with Gasteiger partial charge in [-0.05, 0) is 24.1 Å². The Labute approximate surface area is 108 Å². The van der Waals surface area contributed by atoms with Crippen LogP contribution in [0.3, 0.4) is 0 Å². The summed E-state index contributed by atoms with van der Waals surface area (Å²) in [5, 5.41) is 12.8. The highest BCUT2D eigenvalue weighted by molar-refractivity contribution is 9.09. The Morgan fingerprint density at radius 2 is 2.06 bits per heavy atom. The maximum absolute atomic E-state index is 11.1. The second-order valence-corrected chi connectivity index (χ2v) is 4.41. The second-order valence-electron chi connectivity index (χ2n) is 3.41. The van der Waals surface area contributed by atoms with E-state index in [9.17, 15) is 4.79 Å². The van der Waals surface area contributed by atoms with Gasteiger partial charge in [0.15, 0.2) is 0 Å². The molecule has 16 heavy (non-hydrogen) atoms. The number of benzene rings is 1. The molecule has 0 saturated heterocycles. The first-order chi connectivity index (χ1) is 7.65. The van der Waals surface area contributed by atoms with Crippen molar-refractivity contribution in [3.8, 4) is 0 Å². The first kappa shape index (κ1) is 13.5. The monoisotopic (exact) mass is 305 g/mol. The zero-order chi connectivity index (χ0) is 12.0. The smallest absolute Gasteiger partial charge is 0.230 e. The topological polar surface area (TPSA) is 49.3 Å². The Kier molecular flexibility index (Phi) is 5.80. The quantitative estimate of drug-likeness (QED) is 0.814. The first-order valence-corrected chi connectivity index (χ1v) is 6.36. The number of halogens is 2. The Bertz CT molecular complexity index is 342. The predicted molar refractivity (Wildman–Crippen MR) is 68.0 cm³/mol. The fourth-order valence-electron chi connectivity index (χ4n) is 1.33. The maximum atomic E-state index is 11.1. The highest BCUT2D eigenvalue weighted by Gasteiger charge is 2.10. The molecule has 1 atom stereocenters. The molecule has 0 aliphatic carbocycles. The Balaban J connectivity index is 2.56. The molecule has 1 aromatic rings. The second kappa shape index (κ2) is 6.89. The molecule has 0 spiro atoms. The molecule has 0 aliphatic rings. The highest BCUT2D eigenvalue weighted by Crippen LogP contribution is 2.11. The summed E-state index contributed by atoms with van der Waals surface area (Å²) in [6.07, 6.45) is 0.590. The largest absolute Gasteiger partial charge is 0.394 e. The molecule has 3 nitrogen and oxygen atoms in total. The zero-order valence-corrected chi connectivity index (χ0v) is 11.0. The van der Waals surface area contributed by atoms with E-state index in [1.54, 1.807) is 12.1 Å². The van der Waals surface area contributed by atoms with Crippen LogP contribution in [0.4, 0.5) is 0 Å². The summed E-state index contributed by atoms with van der Waals surface area (Å²) in [5.74, 6) is -0.131. The summed E-state index contributed by atoms with van der Waals surface area (Å²) in [5.41, 5.74) is 1.03. The SMILES string of the molecule is O=C(CBr)NC(CO)Cc1ccc(Cl)cc1. The molecule has 0 fully saturated rings. The zero-order valence-electron chi connectivity index (χ0n) is 8.62. The van der Waals surface area contributed by atoms with E-state index in [0.717, 1.165) is 5.56 Å². The molecule has 5 heteroatoms. The number of rotatable bonds is 5. The van der Waals surface area contributed by atoms with E-state index >= 15 is 0 Å². The molecule has 2 N–H and O–H groups in total. The van der Waals surface area contributed by atoms with Gasteiger partial charge in [0, 0.05) is 5.02 Å². The summed E-state index contributed by atoms with van der Waals surface area (Å²) in [6.45, 7) is -0.0820. The average Bonchev–Trinajstić information content (AvgIpc) is 2.30. The van der Waals surface area contributed by atoms with Gasteiger partial charge < -0.3 is 10.4 Å². The number of hydrogen-bond donors (Lipinski definition) is 2. The molecule has 0 aliphatic heterocycles. The maximum Gasteiger partial charge on any atom is 0.230 e. The molecule has 1 unspecified atom stereocenters. The first-order valence-electron chi connectivity index (χ1n) is 4.86. The minimum atomic E-state index is -0.258. The van der Waals surface area contributed by atoms with Crippen LogP contribution in [0.25, 0.3) is 0 Å². The number of aliphatic hydroxyl groups is 1. The lowest BCUT2D eigenvalue weighted by atomic mass is 10.1. The summed E-state index contributed by atoms with van der Waals surface area (Å²) in [4.78, 5) is 11.1. The molecule has 1 rings (SSSR count). The van der Waals surface area contributed by atoms with Crippen LogP contribution in [-0.4, -0.2) is 29.0 Å². The predicted octanol–water partition coefficient (Wildman–Crippen LogP) is 1.75. The summed E-state index contributed by atoms with van der Waals surface area (Å²) in [6, 6.07) is 7.08. The van der Waals surface area contributed by atoms with Gasteiger partial charge in [-0.1, -0.05) is 39.7 Å². The van der Waals surface area contributed by atoms with Gasteiger partial charge >= 0.3 is 0 Å². The van der Waals surface area contributed by atoms with Crippen LogP contribution < -0.4 is 5.32 Å². The van der Waals surface area contributed by atoms with Crippen LogP contribution in [0.15, 0.2) is 24.3 Å². The number of carbonyl (C=O) groups excluding carboxylic acids is 1. The summed E-state index contributed by atoms with van der Waals surface area (Å²) in [7, 11) is 0. The van der Waals surface area contributed by atoms with Crippen LogP contribution in [0.1, 0.15) is 5.56 Å². The Morgan fingerprint density at radius 1 is 1.44 bits per heavy atom. The van der Waals surface area contributed by atoms with E-state index in [4.69, 9.17) is 16.7 Å². The van der Waals surface area contributed by atoms with Gasteiger partial charge in [0.05, 0.1) is 18.0 Å². The van der Waals surface area contributed by atoms with Gasteiger partial charge in [0.2, 0.25) is 5.91 Å². The van der Waals surface area contributed by atoms with E-state index in [2.05, 4.69) is 21.2 Å². The number of alkyl halides is 1. The van der Waals surface area contributed by atoms with Gasteiger partial charge in [-0.3, -0.25) is 4.79 Å². The Hall–Kier alpha value is -0.580. The normalized spacial score (nSPS) is 12.2. The molecule has 0 heterocycles. The lowest BCUT2D eigenvalue weighted by molar-refractivity contribution is -0.119. The van der Waals surface area contributed by atoms with Crippen molar-refractivity contribution in [3.63, 3.8) is 0 Å². The van der Waals surface area contributed by atoms with Gasteiger partial charge in [0.1, 0.15) is 0 Å². The fraction of sp³-hybridized carbons (Fsp3) is 0.364. The summed E-state index contributed by atoms with van der Waals surface area (Å²) >= 11 is 8.82. The van der Waals surface area contributed by atoms with Crippen molar-refractivity contribution >= 4 is 33.4 Å². The van der Waals surface area contributed by atoms with Crippen molar-refractivity contribution in [1.29, 1.82) is 0 Å². The number of nitrogens with one attached hydrogen (secondary N) is 1. The van der Waals surface area contributed by atoms with E-state index in [0.29, 0.717) is 11.4 Å². The molecule has 1 aromatic carbocycles. The van der Waals surface area contributed by atoms with Crippen molar-refractivity contribution in [3.05, 3.63) is 34.9 Å². The van der Waals surface area contributed by atoms with E-state index < -0.39 is 0 Å². The molecular formula is C11H13BrClNO2. The third kappa shape index (κ3) is 4.51. The number of aliphatic hydroxyl groups excluding tert-OH is 1. The summed E-state index contributed by atoms with van der Waals surface area (Å²) < 4.78 is 0. The number of carbonyl (C=O) groups is 1. The van der Waals surface area contributed by atoms with Crippen molar-refractivity contribution in [2.24, 2.45) is 0 Å². The van der Waals surface area contributed by atoms with E-state index in [1.807, 2.05) is 12.1 Å². The third-order valence-electron chi connectivity index (χ3n) is 2.10. The molecule has 0 saturated carbocycles. The van der Waals surface area contributed by atoms with Crippen molar-refractivity contribution in [2.75, 3.05) is 11.9 Å². The molecule has 0 aromatic heterocycles. The minimum absolute atomic E-state index is 0.0820. The number of amides is 1. The third-order valence-corrected chi connectivity index (χ3v) is 2.86. The minimum Gasteiger partial charge on any atom is -0.394 e.